The normalized spacial score (nSPS) is 37.8. The molecular formula is C15H31N3O4. The standard InChI is InChI=1S/C15H31N3O4/c1-16-10-14(19)12-17-2-6-21-8-4-18(13-15(20)11-16)5-9-22-7-3-17/h14-15,19-20H,2-13H2,1H3/t14-,15-/m0/s1. The Morgan fingerprint density at radius 2 is 1.05 bits per heavy atom. The van der Waals surface area contributed by atoms with Gasteiger partial charge in [-0.1, -0.05) is 0 Å². The van der Waals surface area contributed by atoms with Gasteiger partial charge in [0.05, 0.1) is 38.6 Å². The first-order valence-electron chi connectivity index (χ1n) is 8.28. The van der Waals surface area contributed by atoms with Crippen LogP contribution in [0.15, 0.2) is 0 Å². The molecule has 0 saturated carbocycles. The summed E-state index contributed by atoms with van der Waals surface area (Å²) in [4.78, 5) is 6.40. The van der Waals surface area contributed by atoms with Crippen LogP contribution in [0.2, 0.25) is 0 Å². The van der Waals surface area contributed by atoms with Crippen LogP contribution in [0.3, 0.4) is 0 Å². The molecule has 0 aromatic heterocycles. The highest BCUT2D eigenvalue weighted by Crippen LogP contribution is 2.02. The molecule has 0 aliphatic carbocycles. The molecule has 0 spiro atoms. The Morgan fingerprint density at radius 3 is 1.41 bits per heavy atom. The Bertz CT molecular complexity index is 269. The fourth-order valence-electron chi connectivity index (χ4n) is 3.07. The van der Waals surface area contributed by atoms with Crippen molar-refractivity contribution < 1.29 is 19.7 Å². The molecule has 0 aromatic carbocycles. The van der Waals surface area contributed by atoms with Crippen molar-refractivity contribution in [1.82, 2.24) is 14.7 Å². The van der Waals surface area contributed by atoms with Crippen LogP contribution in [-0.2, 0) is 9.47 Å². The topological polar surface area (TPSA) is 68.6 Å². The quantitative estimate of drug-likeness (QED) is 0.552. The highest BCUT2D eigenvalue weighted by molar-refractivity contribution is 4.73. The lowest BCUT2D eigenvalue weighted by Gasteiger charge is -2.32. The van der Waals surface area contributed by atoms with E-state index in [0.717, 1.165) is 26.2 Å². The summed E-state index contributed by atoms with van der Waals surface area (Å²) in [6.07, 6.45) is -0.863. The van der Waals surface area contributed by atoms with E-state index in [2.05, 4.69) is 9.80 Å². The van der Waals surface area contributed by atoms with Crippen LogP contribution in [0.4, 0.5) is 0 Å². The summed E-state index contributed by atoms with van der Waals surface area (Å²) < 4.78 is 11.4. The lowest BCUT2D eigenvalue weighted by Crippen LogP contribution is -2.47. The van der Waals surface area contributed by atoms with Gasteiger partial charge >= 0.3 is 0 Å². The van der Waals surface area contributed by atoms with Crippen molar-refractivity contribution in [3.63, 3.8) is 0 Å². The average molecular weight is 317 g/mol. The molecular weight excluding hydrogens is 286 g/mol. The Kier molecular flexibility index (Phi) is 8.02. The number of ether oxygens (including phenoxy) is 2. The van der Waals surface area contributed by atoms with Gasteiger partial charge in [-0.2, -0.15) is 0 Å². The summed E-state index contributed by atoms with van der Waals surface area (Å²) in [5.74, 6) is 0. The summed E-state index contributed by atoms with van der Waals surface area (Å²) in [6, 6.07) is 0. The summed E-state index contributed by atoms with van der Waals surface area (Å²) in [6.45, 7) is 8.26. The van der Waals surface area contributed by atoms with Crippen LogP contribution in [0.1, 0.15) is 0 Å². The Morgan fingerprint density at radius 1 is 0.682 bits per heavy atom. The third kappa shape index (κ3) is 6.87. The van der Waals surface area contributed by atoms with Crippen LogP contribution in [0, 0.1) is 0 Å². The predicted octanol–water partition coefficient (Wildman–Crippen LogP) is -1.70. The molecule has 0 radical (unpaired) electrons. The molecule has 7 nitrogen and oxygen atoms in total. The van der Waals surface area contributed by atoms with Crippen molar-refractivity contribution in [2.24, 2.45) is 0 Å². The highest BCUT2D eigenvalue weighted by atomic mass is 16.5. The maximum Gasteiger partial charge on any atom is 0.0793 e. The fraction of sp³-hybridized carbons (Fsp3) is 1.00. The number of fused-ring (bicyclic) bond motifs is 14. The van der Waals surface area contributed by atoms with E-state index in [1.807, 2.05) is 11.9 Å². The number of likely N-dealkylation sites (N-methyl/N-ethyl adjacent to an activating group) is 1. The molecule has 3 aliphatic heterocycles. The first-order chi connectivity index (χ1) is 10.6. The van der Waals surface area contributed by atoms with Gasteiger partial charge in [-0.25, -0.2) is 0 Å². The molecule has 130 valence electrons. The number of aliphatic hydroxyl groups is 2. The minimum Gasteiger partial charge on any atom is -0.390 e. The Balaban J connectivity index is 2.04. The second-order valence-corrected chi connectivity index (χ2v) is 6.35. The molecule has 2 N–H and O–H groups in total. The molecule has 3 aliphatic rings. The van der Waals surface area contributed by atoms with Crippen LogP contribution in [-0.4, -0.2) is 123 Å². The smallest absolute Gasteiger partial charge is 0.0793 e. The Hall–Kier alpha value is -0.280. The third-order valence-corrected chi connectivity index (χ3v) is 4.19. The van der Waals surface area contributed by atoms with Crippen LogP contribution in [0.25, 0.3) is 0 Å². The van der Waals surface area contributed by atoms with Crippen molar-refractivity contribution in [3.05, 3.63) is 0 Å². The first kappa shape index (κ1) is 18.1. The summed E-state index contributed by atoms with van der Waals surface area (Å²) >= 11 is 0. The molecule has 7 heteroatoms. The van der Waals surface area contributed by atoms with Crippen molar-refractivity contribution >= 4 is 0 Å². The molecule has 0 amide bonds. The minimum absolute atomic E-state index is 0.431. The van der Waals surface area contributed by atoms with Gasteiger partial charge in [-0.05, 0) is 7.05 Å². The van der Waals surface area contributed by atoms with Crippen molar-refractivity contribution in [3.8, 4) is 0 Å². The fourth-order valence-corrected chi connectivity index (χ4v) is 3.07. The summed E-state index contributed by atoms with van der Waals surface area (Å²) in [7, 11) is 1.95. The molecule has 3 rings (SSSR count). The highest BCUT2D eigenvalue weighted by Gasteiger charge is 2.19. The molecule has 2 bridgehead atoms. The van der Waals surface area contributed by atoms with Gasteiger partial charge in [0.25, 0.3) is 0 Å². The van der Waals surface area contributed by atoms with Crippen molar-refractivity contribution in [2.75, 3.05) is 85.8 Å². The van der Waals surface area contributed by atoms with E-state index in [4.69, 9.17) is 9.47 Å². The van der Waals surface area contributed by atoms with Gasteiger partial charge in [0, 0.05) is 52.4 Å². The van der Waals surface area contributed by atoms with Gasteiger partial charge in [-0.15, -0.1) is 0 Å². The maximum atomic E-state index is 10.3. The average Bonchev–Trinajstić information content (AvgIpc) is 2.42. The maximum absolute atomic E-state index is 10.3. The lowest BCUT2D eigenvalue weighted by atomic mass is 10.2. The van der Waals surface area contributed by atoms with E-state index in [1.165, 1.54) is 0 Å². The van der Waals surface area contributed by atoms with Crippen molar-refractivity contribution in [2.45, 2.75) is 12.2 Å². The minimum atomic E-state index is -0.431. The van der Waals surface area contributed by atoms with E-state index >= 15 is 0 Å². The summed E-state index contributed by atoms with van der Waals surface area (Å²) in [5, 5.41) is 20.5. The van der Waals surface area contributed by atoms with Gasteiger partial charge in [0.2, 0.25) is 0 Å². The summed E-state index contributed by atoms with van der Waals surface area (Å²) in [5.41, 5.74) is 0. The zero-order valence-electron chi connectivity index (χ0n) is 13.7. The van der Waals surface area contributed by atoms with Crippen LogP contribution in [0.5, 0.6) is 0 Å². The zero-order valence-corrected chi connectivity index (χ0v) is 13.7. The number of rotatable bonds is 0. The van der Waals surface area contributed by atoms with Gasteiger partial charge in [0.1, 0.15) is 0 Å². The number of hydrogen-bond donors (Lipinski definition) is 2. The van der Waals surface area contributed by atoms with E-state index in [1.54, 1.807) is 0 Å². The third-order valence-electron chi connectivity index (χ3n) is 4.19. The number of nitrogens with zero attached hydrogens (tertiary/aromatic N) is 3. The number of aliphatic hydroxyl groups excluding tert-OH is 2. The first-order valence-corrected chi connectivity index (χ1v) is 8.28. The van der Waals surface area contributed by atoms with E-state index in [9.17, 15) is 10.2 Å². The lowest BCUT2D eigenvalue weighted by molar-refractivity contribution is -0.00371. The Labute approximate surface area is 133 Å². The number of hydrogen-bond acceptors (Lipinski definition) is 7. The monoisotopic (exact) mass is 317 g/mol. The molecule has 3 heterocycles. The van der Waals surface area contributed by atoms with Gasteiger partial charge in [-0.3, -0.25) is 9.80 Å². The van der Waals surface area contributed by atoms with Crippen molar-refractivity contribution in [1.29, 1.82) is 0 Å². The van der Waals surface area contributed by atoms with E-state index in [0.29, 0.717) is 52.6 Å². The zero-order chi connectivity index (χ0) is 15.8. The second kappa shape index (κ2) is 9.77. The molecule has 3 saturated heterocycles. The molecule has 2 atom stereocenters. The van der Waals surface area contributed by atoms with Crippen LogP contribution < -0.4 is 0 Å². The SMILES string of the molecule is CN1C[C@H](O)CN2CCOCCN(CCOCC2)C[C@@H](O)C1. The molecule has 0 unspecified atom stereocenters. The second-order valence-electron chi connectivity index (χ2n) is 6.35. The van der Waals surface area contributed by atoms with Crippen LogP contribution >= 0.6 is 0 Å². The molecule has 22 heavy (non-hydrogen) atoms. The van der Waals surface area contributed by atoms with E-state index < -0.39 is 12.2 Å². The molecule has 0 aromatic rings. The largest absolute Gasteiger partial charge is 0.390 e. The predicted molar refractivity (Wildman–Crippen MR) is 84.0 cm³/mol. The molecule has 3 fully saturated rings. The van der Waals surface area contributed by atoms with E-state index in [-0.39, 0.29) is 0 Å². The van der Waals surface area contributed by atoms with Gasteiger partial charge < -0.3 is 24.6 Å². The van der Waals surface area contributed by atoms with Gasteiger partial charge in [0.15, 0.2) is 0 Å².